The van der Waals surface area contributed by atoms with E-state index in [1.54, 1.807) is 13.0 Å². The highest BCUT2D eigenvalue weighted by Gasteiger charge is 2.21. The van der Waals surface area contributed by atoms with Crippen LogP contribution in [-0.2, 0) is 9.53 Å². The van der Waals surface area contributed by atoms with Gasteiger partial charge in [-0.2, -0.15) is 0 Å². The van der Waals surface area contributed by atoms with Crippen molar-refractivity contribution in [3.63, 3.8) is 0 Å². The van der Waals surface area contributed by atoms with Crippen LogP contribution in [0, 0.1) is 0 Å². The summed E-state index contributed by atoms with van der Waals surface area (Å²) in [6, 6.07) is 0. The van der Waals surface area contributed by atoms with E-state index in [4.69, 9.17) is 0 Å². The lowest BCUT2D eigenvalue weighted by Gasteiger charge is -2.21. The SMILES string of the molecule is COC(=O)C=C(C)C=CC(O)C(C)(C)O. The molecule has 0 fully saturated rings. The number of methoxy groups -OCH3 is 1. The molecule has 0 aliphatic carbocycles. The van der Waals surface area contributed by atoms with Gasteiger partial charge in [0.05, 0.1) is 12.7 Å². The molecular formula is C11H18O4. The molecule has 4 nitrogen and oxygen atoms in total. The molecule has 0 heterocycles. The third-order valence-corrected chi connectivity index (χ3v) is 1.81. The van der Waals surface area contributed by atoms with E-state index in [-0.39, 0.29) is 0 Å². The van der Waals surface area contributed by atoms with Crippen molar-refractivity contribution in [3.8, 4) is 0 Å². The van der Waals surface area contributed by atoms with Crippen molar-refractivity contribution in [2.24, 2.45) is 0 Å². The molecule has 0 rings (SSSR count). The topological polar surface area (TPSA) is 66.8 Å². The normalized spacial score (nSPS) is 15.5. The van der Waals surface area contributed by atoms with E-state index >= 15 is 0 Å². The fourth-order valence-corrected chi connectivity index (χ4v) is 0.771. The molecule has 0 aromatic rings. The van der Waals surface area contributed by atoms with Crippen LogP contribution in [0.3, 0.4) is 0 Å². The first kappa shape index (κ1) is 13.9. The van der Waals surface area contributed by atoms with Crippen molar-refractivity contribution < 1.29 is 19.7 Å². The Morgan fingerprint density at radius 3 is 2.40 bits per heavy atom. The number of hydrogen-bond acceptors (Lipinski definition) is 4. The lowest BCUT2D eigenvalue weighted by atomic mass is 10.0. The minimum absolute atomic E-state index is 0.449. The second-order valence-corrected chi connectivity index (χ2v) is 3.87. The maximum absolute atomic E-state index is 10.8. The van der Waals surface area contributed by atoms with E-state index in [0.717, 1.165) is 0 Å². The Balaban J connectivity index is 4.41. The van der Waals surface area contributed by atoms with Crippen molar-refractivity contribution in [2.45, 2.75) is 32.5 Å². The van der Waals surface area contributed by atoms with Crippen LogP contribution >= 0.6 is 0 Å². The molecule has 0 spiro atoms. The Hall–Kier alpha value is -1.13. The van der Waals surface area contributed by atoms with E-state index in [9.17, 15) is 15.0 Å². The van der Waals surface area contributed by atoms with Crippen LogP contribution < -0.4 is 0 Å². The first-order valence-electron chi connectivity index (χ1n) is 4.62. The van der Waals surface area contributed by atoms with Crippen molar-refractivity contribution in [3.05, 3.63) is 23.8 Å². The summed E-state index contributed by atoms with van der Waals surface area (Å²) in [5.74, 6) is -0.449. The van der Waals surface area contributed by atoms with Gasteiger partial charge in [-0.3, -0.25) is 0 Å². The monoisotopic (exact) mass is 214 g/mol. The van der Waals surface area contributed by atoms with Crippen LogP contribution in [0.4, 0.5) is 0 Å². The van der Waals surface area contributed by atoms with E-state index in [1.807, 2.05) is 0 Å². The predicted molar refractivity (Wildman–Crippen MR) is 57.2 cm³/mol. The summed E-state index contributed by atoms with van der Waals surface area (Å²) in [4.78, 5) is 10.8. The molecule has 0 radical (unpaired) electrons. The number of carbonyl (C=O) groups excluding carboxylic acids is 1. The molecule has 0 saturated heterocycles. The molecule has 0 aliphatic heterocycles. The van der Waals surface area contributed by atoms with Gasteiger partial charge in [-0.15, -0.1) is 0 Å². The van der Waals surface area contributed by atoms with E-state index in [0.29, 0.717) is 5.57 Å². The fourth-order valence-electron chi connectivity index (χ4n) is 0.771. The Morgan fingerprint density at radius 1 is 1.47 bits per heavy atom. The fraction of sp³-hybridized carbons (Fsp3) is 0.545. The van der Waals surface area contributed by atoms with Gasteiger partial charge in [0.15, 0.2) is 0 Å². The molecule has 1 atom stereocenters. The Labute approximate surface area is 89.9 Å². The molecule has 4 heteroatoms. The van der Waals surface area contributed by atoms with Gasteiger partial charge in [0.1, 0.15) is 6.10 Å². The number of hydrogen-bond donors (Lipinski definition) is 2. The maximum Gasteiger partial charge on any atom is 0.330 e. The summed E-state index contributed by atoms with van der Waals surface area (Å²) < 4.78 is 4.43. The first-order valence-corrected chi connectivity index (χ1v) is 4.62. The second kappa shape index (κ2) is 5.68. The largest absolute Gasteiger partial charge is 0.466 e. The van der Waals surface area contributed by atoms with Gasteiger partial charge in [-0.25, -0.2) is 4.79 Å². The van der Waals surface area contributed by atoms with Crippen molar-refractivity contribution >= 4 is 5.97 Å². The Kier molecular flexibility index (Phi) is 5.25. The lowest BCUT2D eigenvalue weighted by molar-refractivity contribution is -0.134. The van der Waals surface area contributed by atoms with Crippen molar-refractivity contribution in [2.75, 3.05) is 7.11 Å². The van der Waals surface area contributed by atoms with Crippen LogP contribution in [0.1, 0.15) is 20.8 Å². The quantitative estimate of drug-likeness (QED) is 0.412. The zero-order valence-corrected chi connectivity index (χ0v) is 9.52. The van der Waals surface area contributed by atoms with Crippen LogP contribution in [-0.4, -0.2) is 35.0 Å². The predicted octanol–water partition coefficient (Wildman–Crippen LogP) is 0.794. The summed E-state index contributed by atoms with van der Waals surface area (Å²) in [5.41, 5.74) is -0.549. The number of ether oxygens (including phenoxy) is 1. The second-order valence-electron chi connectivity index (χ2n) is 3.87. The van der Waals surface area contributed by atoms with E-state index in [2.05, 4.69) is 4.74 Å². The highest BCUT2D eigenvalue weighted by Crippen LogP contribution is 2.10. The third-order valence-electron chi connectivity index (χ3n) is 1.81. The van der Waals surface area contributed by atoms with Gasteiger partial charge >= 0.3 is 5.97 Å². The number of carbonyl (C=O) groups is 1. The third kappa shape index (κ3) is 6.04. The zero-order valence-electron chi connectivity index (χ0n) is 9.52. The molecule has 0 saturated carbocycles. The summed E-state index contributed by atoms with van der Waals surface area (Å²) >= 11 is 0. The molecule has 0 aromatic heterocycles. The minimum Gasteiger partial charge on any atom is -0.466 e. The summed E-state index contributed by atoms with van der Waals surface area (Å²) in [7, 11) is 1.29. The number of aliphatic hydroxyl groups excluding tert-OH is 1. The van der Waals surface area contributed by atoms with Crippen molar-refractivity contribution in [1.29, 1.82) is 0 Å². The number of aliphatic hydroxyl groups is 2. The van der Waals surface area contributed by atoms with Crippen LogP contribution in [0.15, 0.2) is 23.8 Å². The summed E-state index contributed by atoms with van der Waals surface area (Å²) in [6.45, 7) is 4.70. The number of esters is 1. The Morgan fingerprint density at radius 2 is 2.00 bits per heavy atom. The minimum atomic E-state index is -1.19. The summed E-state index contributed by atoms with van der Waals surface area (Å²) in [6.07, 6.45) is 3.31. The van der Waals surface area contributed by atoms with Gasteiger partial charge in [-0.1, -0.05) is 12.2 Å². The lowest BCUT2D eigenvalue weighted by Crippen LogP contribution is -2.34. The molecule has 0 aliphatic rings. The summed E-state index contributed by atoms with van der Waals surface area (Å²) in [5, 5.41) is 18.9. The standard InChI is InChI=1S/C11H18O4/c1-8(7-10(13)15-4)5-6-9(12)11(2,3)14/h5-7,9,12,14H,1-4H3. The highest BCUT2D eigenvalue weighted by atomic mass is 16.5. The molecule has 2 N–H and O–H groups in total. The molecule has 86 valence electrons. The molecule has 1 unspecified atom stereocenters. The molecule has 0 bridgehead atoms. The average Bonchev–Trinajstić information content (AvgIpc) is 2.12. The van der Waals surface area contributed by atoms with E-state index < -0.39 is 17.7 Å². The van der Waals surface area contributed by atoms with Gasteiger partial charge in [0.25, 0.3) is 0 Å². The van der Waals surface area contributed by atoms with Crippen molar-refractivity contribution in [1.82, 2.24) is 0 Å². The van der Waals surface area contributed by atoms with Gasteiger partial charge in [0.2, 0.25) is 0 Å². The van der Waals surface area contributed by atoms with E-state index in [1.165, 1.54) is 33.1 Å². The van der Waals surface area contributed by atoms with Gasteiger partial charge in [-0.05, 0) is 26.3 Å². The first-order chi connectivity index (χ1) is 6.77. The van der Waals surface area contributed by atoms with Gasteiger partial charge < -0.3 is 14.9 Å². The van der Waals surface area contributed by atoms with Crippen LogP contribution in [0.5, 0.6) is 0 Å². The molecular weight excluding hydrogens is 196 g/mol. The highest BCUT2D eigenvalue weighted by molar-refractivity contribution is 5.83. The average molecular weight is 214 g/mol. The number of rotatable bonds is 4. The van der Waals surface area contributed by atoms with Crippen LogP contribution in [0.25, 0.3) is 0 Å². The molecule has 15 heavy (non-hydrogen) atoms. The van der Waals surface area contributed by atoms with Gasteiger partial charge in [0, 0.05) is 6.08 Å². The molecule has 0 amide bonds. The maximum atomic E-state index is 10.8. The smallest absolute Gasteiger partial charge is 0.330 e. The molecule has 0 aromatic carbocycles. The van der Waals surface area contributed by atoms with Crippen LogP contribution in [0.2, 0.25) is 0 Å². The number of allylic oxidation sites excluding steroid dienone is 2. The Bertz CT molecular complexity index is 271. The zero-order chi connectivity index (χ0) is 12.1.